The molecule has 0 aliphatic rings. The molecule has 1 rings (SSSR count). The second kappa shape index (κ2) is 8.91. The SMILES string of the molecule is C=CC(=O)N(C)CC(C)(C)CC(C)(C)COc1ccc(C(=O)O)c(C(=O)O)c1. The maximum Gasteiger partial charge on any atom is 0.336 e. The summed E-state index contributed by atoms with van der Waals surface area (Å²) in [4.78, 5) is 35.8. The van der Waals surface area contributed by atoms with E-state index in [1.165, 1.54) is 24.3 Å². The number of carbonyl (C=O) groups is 3. The van der Waals surface area contributed by atoms with Crippen LogP contribution in [0.4, 0.5) is 0 Å². The predicted octanol–water partition coefficient (Wildman–Crippen LogP) is 3.55. The lowest BCUT2D eigenvalue weighted by atomic mass is 9.75. The highest BCUT2D eigenvalue weighted by atomic mass is 16.5. The molecule has 154 valence electrons. The number of amides is 1. The van der Waals surface area contributed by atoms with E-state index in [9.17, 15) is 19.5 Å². The van der Waals surface area contributed by atoms with E-state index in [-0.39, 0.29) is 27.9 Å². The number of benzene rings is 1. The number of ether oxygens (including phenoxy) is 1. The molecule has 1 aromatic rings. The third-order valence-corrected chi connectivity index (χ3v) is 4.25. The molecular weight excluding hydrogens is 362 g/mol. The molecule has 0 aromatic heterocycles. The van der Waals surface area contributed by atoms with Gasteiger partial charge in [-0.2, -0.15) is 0 Å². The van der Waals surface area contributed by atoms with Gasteiger partial charge < -0.3 is 19.8 Å². The van der Waals surface area contributed by atoms with Gasteiger partial charge in [-0.05, 0) is 41.5 Å². The predicted molar refractivity (Wildman–Crippen MR) is 106 cm³/mol. The van der Waals surface area contributed by atoms with Crippen LogP contribution in [-0.4, -0.2) is 53.2 Å². The molecule has 0 unspecified atom stereocenters. The number of aromatic carboxylic acids is 2. The monoisotopic (exact) mass is 391 g/mol. The molecule has 0 atom stereocenters. The summed E-state index contributed by atoms with van der Waals surface area (Å²) in [5.41, 5.74) is -1.04. The van der Waals surface area contributed by atoms with Crippen LogP contribution in [0.5, 0.6) is 5.75 Å². The minimum Gasteiger partial charge on any atom is -0.493 e. The van der Waals surface area contributed by atoms with Crippen LogP contribution in [0.15, 0.2) is 30.9 Å². The van der Waals surface area contributed by atoms with E-state index < -0.39 is 11.9 Å². The molecule has 2 N–H and O–H groups in total. The first-order valence-corrected chi connectivity index (χ1v) is 8.89. The van der Waals surface area contributed by atoms with Crippen LogP contribution in [0, 0.1) is 10.8 Å². The lowest BCUT2D eigenvalue weighted by molar-refractivity contribution is -0.126. The zero-order chi connectivity index (χ0) is 21.7. The van der Waals surface area contributed by atoms with E-state index >= 15 is 0 Å². The summed E-state index contributed by atoms with van der Waals surface area (Å²) in [6, 6.07) is 3.91. The molecule has 7 nitrogen and oxygen atoms in total. The number of carbonyl (C=O) groups excluding carboxylic acids is 1. The van der Waals surface area contributed by atoms with E-state index in [2.05, 4.69) is 20.4 Å². The third-order valence-electron chi connectivity index (χ3n) is 4.25. The first-order chi connectivity index (χ1) is 12.8. The zero-order valence-corrected chi connectivity index (χ0v) is 17.1. The van der Waals surface area contributed by atoms with Crippen molar-refractivity contribution in [1.82, 2.24) is 4.90 Å². The average molecular weight is 391 g/mol. The van der Waals surface area contributed by atoms with Gasteiger partial charge in [-0.25, -0.2) is 9.59 Å². The van der Waals surface area contributed by atoms with Crippen molar-refractivity contribution >= 4 is 17.8 Å². The molecule has 28 heavy (non-hydrogen) atoms. The molecule has 0 spiro atoms. The number of likely N-dealkylation sites (N-methyl/N-ethyl adjacent to an activating group) is 1. The number of carboxylic acids is 2. The van der Waals surface area contributed by atoms with Crippen LogP contribution in [-0.2, 0) is 4.79 Å². The van der Waals surface area contributed by atoms with Crippen LogP contribution in [0.2, 0.25) is 0 Å². The van der Waals surface area contributed by atoms with Crippen molar-refractivity contribution in [3.8, 4) is 5.75 Å². The van der Waals surface area contributed by atoms with Gasteiger partial charge in [0.1, 0.15) is 5.75 Å². The van der Waals surface area contributed by atoms with Crippen LogP contribution in [0.25, 0.3) is 0 Å². The molecule has 1 amide bonds. The Hall–Kier alpha value is -2.83. The smallest absolute Gasteiger partial charge is 0.336 e. The molecule has 0 saturated carbocycles. The Balaban J connectivity index is 2.83. The third kappa shape index (κ3) is 6.72. The fourth-order valence-electron chi connectivity index (χ4n) is 3.53. The first-order valence-electron chi connectivity index (χ1n) is 8.89. The van der Waals surface area contributed by atoms with Crippen molar-refractivity contribution < 1.29 is 29.3 Å². The second-order valence-electron chi connectivity index (χ2n) is 8.51. The van der Waals surface area contributed by atoms with E-state index in [0.29, 0.717) is 18.9 Å². The molecular formula is C21H29NO6. The molecule has 0 aliphatic carbocycles. The van der Waals surface area contributed by atoms with E-state index in [1.54, 1.807) is 11.9 Å². The van der Waals surface area contributed by atoms with E-state index in [1.807, 2.05) is 13.8 Å². The van der Waals surface area contributed by atoms with Gasteiger partial charge in [-0.15, -0.1) is 0 Å². The van der Waals surface area contributed by atoms with Gasteiger partial charge in [0.2, 0.25) is 5.91 Å². The normalized spacial score (nSPS) is 11.6. The van der Waals surface area contributed by atoms with Gasteiger partial charge in [-0.3, -0.25) is 4.79 Å². The summed E-state index contributed by atoms with van der Waals surface area (Å²) in [6.45, 7) is 12.5. The first kappa shape index (κ1) is 23.2. The zero-order valence-electron chi connectivity index (χ0n) is 17.1. The highest BCUT2D eigenvalue weighted by Crippen LogP contribution is 2.35. The fourth-order valence-corrected chi connectivity index (χ4v) is 3.53. The Kier molecular flexibility index (Phi) is 7.38. The summed E-state index contributed by atoms with van der Waals surface area (Å²) in [7, 11) is 1.73. The van der Waals surface area contributed by atoms with Crippen LogP contribution >= 0.6 is 0 Å². The van der Waals surface area contributed by atoms with Crippen molar-refractivity contribution in [1.29, 1.82) is 0 Å². The minimum absolute atomic E-state index is 0.137. The highest BCUT2D eigenvalue weighted by molar-refractivity contribution is 6.02. The molecule has 0 fully saturated rings. The summed E-state index contributed by atoms with van der Waals surface area (Å²) >= 11 is 0. The van der Waals surface area contributed by atoms with Gasteiger partial charge in [-0.1, -0.05) is 34.3 Å². The van der Waals surface area contributed by atoms with Crippen molar-refractivity contribution in [2.75, 3.05) is 20.2 Å². The Morgan fingerprint density at radius 3 is 2.14 bits per heavy atom. The summed E-state index contributed by atoms with van der Waals surface area (Å²) in [6.07, 6.45) is 2.03. The molecule has 0 bridgehead atoms. The van der Waals surface area contributed by atoms with Crippen molar-refractivity contribution in [2.45, 2.75) is 34.1 Å². The Bertz CT molecular complexity index is 766. The summed E-state index contributed by atoms with van der Waals surface area (Å²) < 4.78 is 5.76. The molecule has 1 aromatic carbocycles. The number of hydrogen-bond donors (Lipinski definition) is 2. The average Bonchev–Trinajstić information content (AvgIpc) is 2.57. The van der Waals surface area contributed by atoms with Crippen molar-refractivity contribution in [2.24, 2.45) is 10.8 Å². The molecule has 0 heterocycles. The Morgan fingerprint density at radius 1 is 1.07 bits per heavy atom. The second-order valence-corrected chi connectivity index (χ2v) is 8.51. The molecule has 0 radical (unpaired) electrons. The van der Waals surface area contributed by atoms with Gasteiger partial charge in [0.05, 0.1) is 17.7 Å². The Morgan fingerprint density at radius 2 is 1.64 bits per heavy atom. The maximum atomic E-state index is 11.7. The molecule has 0 aliphatic heterocycles. The summed E-state index contributed by atoms with van der Waals surface area (Å²) in [5.74, 6) is -2.46. The van der Waals surface area contributed by atoms with E-state index in [0.717, 1.165) is 6.42 Å². The van der Waals surface area contributed by atoms with Gasteiger partial charge >= 0.3 is 11.9 Å². The largest absolute Gasteiger partial charge is 0.493 e. The number of rotatable bonds is 10. The number of hydrogen-bond acceptors (Lipinski definition) is 4. The maximum absolute atomic E-state index is 11.7. The van der Waals surface area contributed by atoms with Gasteiger partial charge in [0.15, 0.2) is 0 Å². The number of carboxylic acid groups (broad SMARTS) is 2. The van der Waals surface area contributed by atoms with Gasteiger partial charge in [0, 0.05) is 13.6 Å². The quantitative estimate of drug-likeness (QED) is 0.591. The van der Waals surface area contributed by atoms with Crippen molar-refractivity contribution in [3.63, 3.8) is 0 Å². The fraction of sp³-hybridized carbons (Fsp3) is 0.476. The van der Waals surface area contributed by atoms with Crippen molar-refractivity contribution in [3.05, 3.63) is 42.0 Å². The topological polar surface area (TPSA) is 104 Å². The molecule has 0 saturated heterocycles. The van der Waals surface area contributed by atoms with E-state index in [4.69, 9.17) is 9.84 Å². The minimum atomic E-state index is -1.32. The van der Waals surface area contributed by atoms with Crippen LogP contribution in [0.3, 0.4) is 0 Å². The molecule has 7 heteroatoms. The van der Waals surface area contributed by atoms with Crippen LogP contribution in [0.1, 0.15) is 54.8 Å². The van der Waals surface area contributed by atoms with Crippen LogP contribution < -0.4 is 4.74 Å². The number of nitrogens with zero attached hydrogens (tertiary/aromatic N) is 1. The standard InChI is InChI=1S/C21H29NO6/c1-7-17(23)22(6)12-20(2,3)11-21(4,5)13-28-14-8-9-15(18(24)25)16(10-14)19(26)27/h7-10H,1,11-13H2,2-6H3,(H,24,25)(H,26,27). The Labute approximate surface area is 165 Å². The lowest BCUT2D eigenvalue weighted by Gasteiger charge is -2.37. The lowest BCUT2D eigenvalue weighted by Crippen LogP contribution is -2.38. The highest BCUT2D eigenvalue weighted by Gasteiger charge is 2.31. The van der Waals surface area contributed by atoms with Gasteiger partial charge in [0.25, 0.3) is 0 Å². The summed E-state index contributed by atoms with van der Waals surface area (Å²) in [5, 5.41) is 18.3.